The maximum atomic E-state index is 12.3. The van der Waals surface area contributed by atoms with Crippen molar-refractivity contribution in [1.82, 2.24) is 19.7 Å². The number of rotatable bonds is 8. The third kappa shape index (κ3) is 5.22. The monoisotopic (exact) mass is 457 g/mol. The molecular weight excluding hydrogens is 422 g/mol. The lowest BCUT2D eigenvalue weighted by Gasteiger charge is -2.26. The van der Waals surface area contributed by atoms with Gasteiger partial charge in [0.1, 0.15) is 5.75 Å². The molecule has 1 unspecified atom stereocenters. The zero-order valence-electron chi connectivity index (χ0n) is 19.5. The Balaban J connectivity index is 1.67. The van der Waals surface area contributed by atoms with E-state index in [0.29, 0.717) is 24.8 Å². The van der Waals surface area contributed by atoms with E-state index >= 15 is 0 Å². The third-order valence-electron chi connectivity index (χ3n) is 6.40. The van der Waals surface area contributed by atoms with Crippen LogP contribution in [0.4, 0.5) is 5.95 Å². The lowest BCUT2D eigenvalue weighted by atomic mass is 10.1. The molecule has 174 valence electrons. The number of carbonyl (C=O) groups excluding carboxylic acids is 1. The Kier molecular flexibility index (Phi) is 7.60. The topological polar surface area (TPSA) is 63.5 Å². The first-order valence-electron chi connectivity index (χ1n) is 11.8. The van der Waals surface area contributed by atoms with Crippen molar-refractivity contribution in [3.8, 4) is 5.75 Å². The first kappa shape index (κ1) is 23.0. The Hall–Kier alpha value is -2.22. The molecule has 2 aliphatic heterocycles. The van der Waals surface area contributed by atoms with E-state index in [2.05, 4.69) is 51.7 Å². The van der Waals surface area contributed by atoms with Gasteiger partial charge >= 0.3 is 0 Å². The molecule has 3 heterocycles. The second kappa shape index (κ2) is 10.6. The number of hydrogen-bond acceptors (Lipinski definition) is 6. The Morgan fingerprint density at radius 1 is 1.16 bits per heavy atom. The van der Waals surface area contributed by atoms with Crippen molar-refractivity contribution in [1.29, 1.82) is 0 Å². The number of ether oxygens (including phenoxy) is 1. The molecule has 0 spiro atoms. The summed E-state index contributed by atoms with van der Waals surface area (Å²) < 4.78 is 7.89. The molecule has 0 radical (unpaired) electrons. The number of amides is 1. The Labute approximate surface area is 195 Å². The van der Waals surface area contributed by atoms with E-state index in [-0.39, 0.29) is 5.91 Å². The minimum atomic E-state index is 0.211. The van der Waals surface area contributed by atoms with Crippen molar-refractivity contribution in [3.63, 3.8) is 0 Å². The Morgan fingerprint density at radius 2 is 2.03 bits per heavy atom. The predicted octanol–water partition coefficient (Wildman–Crippen LogP) is 3.88. The van der Waals surface area contributed by atoms with Gasteiger partial charge < -0.3 is 14.5 Å². The molecule has 32 heavy (non-hydrogen) atoms. The van der Waals surface area contributed by atoms with Crippen LogP contribution in [0.3, 0.4) is 0 Å². The van der Waals surface area contributed by atoms with Crippen molar-refractivity contribution >= 4 is 23.6 Å². The van der Waals surface area contributed by atoms with E-state index in [1.165, 1.54) is 24.8 Å². The summed E-state index contributed by atoms with van der Waals surface area (Å²) in [5.41, 5.74) is 2.27. The molecular formula is C24H35N5O2S. The van der Waals surface area contributed by atoms with Crippen LogP contribution in [0, 0.1) is 6.92 Å². The summed E-state index contributed by atoms with van der Waals surface area (Å²) in [4.78, 5) is 16.6. The minimum absolute atomic E-state index is 0.211. The molecule has 1 aromatic carbocycles. The molecule has 8 heteroatoms. The average molecular weight is 458 g/mol. The van der Waals surface area contributed by atoms with Crippen LogP contribution in [0.5, 0.6) is 5.75 Å². The van der Waals surface area contributed by atoms with E-state index in [1.807, 2.05) is 16.7 Å². The maximum absolute atomic E-state index is 12.3. The standard InChI is InChI=1S/C24H35N5O2S/c1-4-32-20-8-5-6-12-28(16-20)24-26-25-22(17-27-13-7-9-23(27)30)29(24)15-19-11-10-18(2)14-21(19)31-3/h10-11,14,20H,4-9,12-13,15-17H2,1-3H3. The average Bonchev–Trinajstić information content (AvgIpc) is 3.29. The Bertz CT molecular complexity index is 931. The van der Waals surface area contributed by atoms with Gasteiger partial charge in [-0.1, -0.05) is 25.5 Å². The number of aromatic nitrogens is 3. The van der Waals surface area contributed by atoms with Crippen molar-refractivity contribution in [2.45, 2.75) is 64.3 Å². The molecule has 0 N–H and O–H groups in total. The zero-order chi connectivity index (χ0) is 22.5. The van der Waals surface area contributed by atoms with Gasteiger partial charge in [0.15, 0.2) is 5.82 Å². The minimum Gasteiger partial charge on any atom is -0.496 e. The van der Waals surface area contributed by atoms with Crippen molar-refractivity contribution in [2.75, 3.05) is 37.4 Å². The number of hydrogen-bond donors (Lipinski definition) is 0. The summed E-state index contributed by atoms with van der Waals surface area (Å²) in [5.74, 6) is 3.99. The van der Waals surface area contributed by atoms with Gasteiger partial charge in [0.05, 0.1) is 20.2 Å². The van der Waals surface area contributed by atoms with Gasteiger partial charge in [-0.15, -0.1) is 10.2 Å². The highest BCUT2D eigenvalue weighted by atomic mass is 32.2. The van der Waals surface area contributed by atoms with Crippen LogP contribution in [-0.4, -0.2) is 63.3 Å². The first-order valence-corrected chi connectivity index (χ1v) is 12.8. The van der Waals surface area contributed by atoms with E-state index in [0.717, 1.165) is 54.9 Å². The number of anilines is 1. The number of carbonyl (C=O) groups is 1. The number of nitrogens with zero attached hydrogens (tertiary/aromatic N) is 5. The predicted molar refractivity (Wildman–Crippen MR) is 129 cm³/mol. The fraction of sp³-hybridized carbons (Fsp3) is 0.625. The van der Waals surface area contributed by atoms with Crippen molar-refractivity contribution < 1.29 is 9.53 Å². The maximum Gasteiger partial charge on any atom is 0.227 e. The summed E-state index contributed by atoms with van der Waals surface area (Å²) in [7, 11) is 1.72. The summed E-state index contributed by atoms with van der Waals surface area (Å²) in [6, 6.07) is 6.31. The summed E-state index contributed by atoms with van der Waals surface area (Å²) >= 11 is 2.04. The molecule has 1 atom stereocenters. The van der Waals surface area contributed by atoms with Gasteiger partial charge in [-0.3, -0.25) is 9.36 Å². The lowest BCUT2D eigenvalue weighted by Crippen LogP contribution is -2.33. The van der Waals surface area contributed by atoms with E-state index in [9.17, 15) is 4.79 Å². The highest BCUT2D eigenvalue weighted by Gasteiger charge is 2.27. The molecule has 4 rings (SSSR count). The molecule has 2 saturated heterocycles. The molecule has 7 nitrogen and oxygen atoms in total. The molecule has 0 saturated carbocycles. The molecule has 1 amide bonds. The normalized spacial score (nSPS) is 19.5. The van der Waals surface area contributed by atoms with Gasteiger partial charge in [-0.2, -0.15) is 11.8 Å². The third-order valence-corrected chi connectivity index (χ3v) is 7.59. The van der Waals surface area contributed by atoms with E-state index < -0.39 is 0 Å². The summed E-state index contributed by atoms with van der Waals surface area (Å²) in [5, 5.41) is 9.87. The first-order chi connectivity index (χ1) is 15.6. The second-order valence-electron chi connectivity index (χ2n) is 8.76. The number of methoxy groups -OCH3 is 1. The van der Waals surface area contributed by atoms with Gasteiger partial charge in [-0.05, 0) is 43.6 Å². The lowest BCUT2D eigenvalue weighted by molar-refractivity contribution is -0.128. The van der Waals surface area contributed by atoms with Crippen LogP contribution in [0.2, 0.25) is 0 Å². The van der Waals surface area contributed by atoms with Crippen LogP contribution < -0.4 is 9.64 Å². The van der Waals surface area contributed by atoms with Crippen molar-refractivity contribution in [3.05, 3.63) is 35.2 Å². The second-order valence-corrected chi connectivity index (χ2v) is 10.3. The number of thioether (sulfide) groups is 1. The molecule has 2 aliphatic rings. The summed E-state index contributed by atoms with van der Waals surface area (Å²) in [6.07, 6.45) is 5.23. The van der Waals surface area contributed by atoms with Gasteiger partial charge in [0, 0.05) is 36.9 Å². The Morgan fingerprint density at radius 3 is 2.78 bits per heavy atom. The smallest absolute Gasteiger partial charge is 0.227 e. The quantitative estimate of drug-likeness (QED) is 0.600. The van der Waals surface area contributed by atoms with Crippen LogP contribution >= 0.6 is 11.8 Å². The van der Waals surface area contributed by atoms with Crippen LogP contribution in [0.25, 0.3) is 0 Å². The SMILES string of the molecule is CCSC1CCCCN(c2nnc(CN3CCCC3=O)n2Cc2ccc(C)cc2OC)C1. The fourth-order valence-electron chi connectivity index (χ4n) is 4.69. The van der Waals surface area contributed by atoms with Crippen LogP contribution in [0.1, 0.15) is 56.0 Å². The number of benzene rings is 1. The largest absolute Gasteiger partial charge is 0.496 e. The molecule has 0 bridgehead atoms. The van der Waals surface area contributed by atoms with Crippen molar-refractivity contribution in [2.24, 2.45) is 0 Å². The van der Waals surface area contributed by atoms with Crippen LogP contribution in [-0.2, 0) is 17.9 Å². The molecule has 0 aliphatic carbocycles. The fourth-order valence-corrected chi connectivity index (χ4v) is 5.78. The zero-order valence-corrected chi connectivity index (χ0v) is 20.4. The number of likely N-dealkylation sites (tertiary alicyclic amines) is 1. The molecule has 1 aromatic heterocycles. The highest BCUT2D eigenvalue weighted by molar-refractivity contribution is 7.99. The number of aryl methyl sites for hydroxylation is 1. The van der Waals surface area contributed by atoms with Gasteiger partial charge in [0.2, 0.25) is 11.9 Å². The molecule has 2 fully saturated rings. The summed E-state index contributed by atoms with van der Waals surface area (Å²) in [6.45, 7) is 8.23. The highest BCUT2D eigenvalue weighted by Crippen LogP contribution is 2.28. The van der Waals surface area contributed by atoms with Gasteiger partial charge in [-0.25, -0.2) is 0 Å². The van der Waals surface area contributed by atoms with Gasteiger partial charge in [0.25, 0.3) is 0 Å². The van der Waals surface area contributed by atoms with E-state index in [1.54, 1.807) is 7.11 Å². The molecule has 2 aromatic rings. The van der Waals surface area contributed by atoms with Crippen LogP contribution in [0.15, 0.2) is 18.2 Å². The van der Waals surface area contributed by atoms with E-state index in [4.69, 9.17) is 4.74 Å².